The first-order chi connectivity index (χ1) is 16.8. The highest BCUT2D eigenvalue weighted by Gasteiger charge is 2.23. The van der Waals surface area contributed by atoms with E-state index in [2.05, 4.69) is 29.0 Å². The predicted octanol–water partition coefficient (Wildman–Crippen LogP) is 3.29. The number of nitrogens with one attached hydrogen (secondary N) is 1. The van der Waals surface area contributed by atoms with Crippen molar-refractivity contribution in [1.29, 1.82) is 0 Å². The van der Waals surface area contributed by atoms with E-state index in [0.29, 0.717) is 17.3 Å². The SMILES string of the molecule is CCCCN(c1ccc(CS(N)(=O)=O)cc1)c1nc(NC2CCC(O)CC2)nc2c1ncn2CC. The zero-order valence-corrected chi connectivity index (χ0v) is 21.2. The third-order valence-corrected chi connectivity index (χ3v) is 7.16. The molecule has 11 heteroatoms. The van der Waals surface area contributed by atoms with Crippen molar-refractivity contribution < 1.29 is 13.5 Å². The molecule has 0 atom stereocenters. The topological polar surface area (TPSA) is 139 Å². The average molecular weight is 502 g/mol. The highest BCUT2D eigenvalue weighted by molar-refractivity contribution is 7.88. The van der Waals surface area contributed by atoms with E-state index in [-0.39, 0.29) is 17.9 Å². The maximum absolute atomic E-state index is 11.5. The Kier molecular flexibility index (Phi) is 7.88. The first-order valence-corrected chi connectivity index (χ1v) is 14.0. The molecule has 1 saturated carbocycles. The summed E-state index contributed by atoms with van der Waals surface area (Å²) in [5, 5.41) is 18.6. The third-order valence-electron chi connectivity index (χ3n) is 6.42. The van der Waals surface area contributed by atoms with Gasteiger partial charge < -0.3 is 19.9 Å². The van der Waals surface area contributed by atoms with Crippen LogP contribution in [0.3, 0.4) is 0 Å². The molecule has 35 heavy (non-hydrogen) atoms. The van der Waals surface area contributed by atoms with E-state index in [0.717, 1.165) is 68.5 Å². The van der Waals surface area contributed by atoms with Gasteiger partial charge in [-0.15, -0.1) is 0 Å². The van der Waals surface area contributed by atoms with Crippen molar-refractivity contribution >= 4 is 38.6 Å². The van der Waals surface area contributed by atoms with Crippen LogP contribution in [0.1, 0.15) is 57.9 Å². The van der Waals surface area contributed by atoms with Gasteiger partial charge in [-0.25, -0.2) is 18.5 Å². The second-order valence-electron chi connectivity index (χ2n) is 9.20. The summed E-state index contributed by atoms with van der Waals surface area (Å²) in [6.07, 6.45) is 6.80. The van der Waals surface area contributed by atoms with E-state index in [1.165, 1.54) is 0 Å². The lowest BCUT2D eigenvalue weighted by Crippen LogP contribution is -2.29. The number of fused-ring (bicyclic) bond motifs is 1. The summed E-state index contributed by atoms with van der Waals surface area (Å²) < 4.78 is 25.0. The van der Waals surface area contributed by atoms with Gasteiger partial charge in [-0.05, 0) is 56.7 Å². The van der Waals surface area contributed by atoms with Crippen LogP contribution in [-0.2, 0) is 22.3 Å². The van der Waals surface area contributed by atoms with Gasteiger partial charge in [0, 0.05) is 24.8 Å². The normalized spacial score (nSPS) is 18.6. The molecule has 0 bridgehead atoms. The Morgan fingerprint density at radius 2 is 1.86 bits per heavy atom. The molecule has 1 aliphatic rings. The third kappa shape index (κ3) is 6.28. The molecule has 0 spiro atoms. The van der Waals surface area contributed by atoms with Gasteiger partial charge in [0.25, 0.3) is 0 Å². The summed E-state index contributed by atoms with van der Waals surface area (Å²) in [7, 11) is -3.60. The van der Waals surface area contributed by atoms with Crippen LogP contribution in [0.4, 0.5) is 17.5 Å². The minimum absolute atomic E-state index is 0.203. The average Bonchev–Trinajstić information content (AvgIpc) is 3.24. The standard InChI is InChI=1S/C24H35N7O3S/c1-3-5-14-31(19-10-6-17(7-11-19)15-35(25,33)34)23-21-22(30(4-2)16-26-21)28-24(29-23)27-18-8-12-20(32)13-9-18/h6-7,10-11,16,18,20,32H,3-5,8-9,12-15H2,1-2H3,(H2,25,33,34)(H,27,28,29). The molecule has 0 radical (unpaired) electrons. The van der Waals surface area contributed by atoms with Crippen LogP contribution in [-0.4, -0.2) is 51.7 Å². The van der Waals surface area contributed by atoms with Crippen LogP contribution in [0.2, 0.25) is 0 Å². The van der Waals surface area contributed by atoms with E-state index in [9.17, 15) is 13.5 Å². The fourth-order valence-corrected chi connectivity index (χ4v) is 5.15. The van der Waals surface area contributed by atoms with Gasteiger partial charge in [-0.3, -0.25) is 0 Å². The summed E-state index contributed by atoms with van der Waals surface area (Å²) in [5.74, 6) is 1.06. The van der Waals surface area contributed by atoms with Gasteiger partial charge in [0.1, 0.15) is 0 Å². The number of benzene rings is 1. The van der Waals surface area contributed by atoms with Crippen LogP contribution in [0.25, 0.3) is 11.2 Å². The number of primary sulfonamides is 1. The van der Waals surface area contributed by atoms with Crippen LogP contribution >= 0.6 is 0 Å². The van der Waals surface area contributed by atoms with Crippen LogP contribution in [0.15, 0.2) is 30.6 Å². The molecule has 3 aromatic rings. The molecule has 4 rings (SSSR count). The summed E-state index contributed by atoms with van der Waals surface area (Å²) >= 11 is 0. The molecule has 0 saturated heterocycles. The molecular formula is C24H35N7O3S. The van der Waals surface area contributed by atoms with Crippen molar-refractivity contribution in [2.24, 2.45) is 5.14 Å². The second-order valence-corrected chi connectivity index (χ2v) is 10.8. The highest BCUT2D eigenvalue weighted by atomic mass is 32.2. The highest BCUT2D eigenvalue weighted by Crippen LogP contribution is 2.32. The lowest BCUT2D eigenvalue weighted by atomic mass is 9.93. The number of aromatic nitrogens is 4. The lowest BCUT2D eigenvalue weighted by molar-refractivity contribution is 0.126. The van der Waals surface area contributed by atoms with Crippen LogP contribution in [0, 0.1) is 0 Å². The summed E-state index contributed by atoms with van der Waals surface area (Å²) in [6.45, 7) is 5.65. The number of imidazole rings is 1. The van der Waals surface area contributed by atoms with E-state index >= 15 is 0 Å². The van der Waals surface area contributed by atoms with Crippen molar-refractivity contribution in [1.82, 2.24) is 19.5 Å². The maximum Gasteiger partial charge on any atom is 0.227 e. The number of rotatable bonds is 10. The van der Waals surface area contributed by atoms with Gasteiger partial charge in [0.15, 0.2) is 17.0 Å². The predicted molar refractivity (Wildman–Crippen MR) is 138 cm³/mol. The van der Waals surface area contributed by atoms with Crippen LogP contribution < -0.4 is 15.4 Å². The molecule has 0 aliphatic heterocycles. The number of aliphatic hydroxyl groups is 1. The smallest absolute Gasteiger partial charge is 0.227 e. The number of sulfonamides is 1. The largest absolute Gasteiger partial charge is 0.393 e. The zero-order chi connectivity index (χ0) is 25.0. The molecule has 1 aromatic carbocycles. The lowest BCUT2D eigenvalue weighted by Gasteiger charge is -2.28. The van der Waals surface area contributed by atoms with Gasteiger partial charge >= 0.3 is 0 Å². The molecule has 0 unspecified atom stereocenters. The van der Waals surface area contributed by atoms with E-state index < -0.39 is 10.0 Å². The van der Waals surface area contributed by atoms with Crippen molar-refractivity contribution in [2.45, 2.75) is 76.8 Å². The Morgan fingerprint density at radius 1 is 1.14 bits per heavy atom. The number of nitrogens with two attached hydrogens (primary N) is 1. The number of hydrogen-bond acceptors (Lipinski definition) is 8. The van der Waals surface area contributed by atoms with Gasteiger partial charge in [0.05, 0.1) is 18.2 Å². The molecule has 190 valence electrons. The molecular weight excluding hydrogens is 466 g/mol. The van der Waals surface area contributed by atoms with Gasteiger partial charge in [-0.2, -0.15) is 9.97 Å². The molecule has 0 amide bonds. The molecule has 2 heterocycles. The molecule has 2 aromatic heterocycles. The quantitative estimate of drug-likeness (QED) is 0.385. The second kappa shape index (κ2) is 10.9. The number of anilines is 3. The molecule has 1 aliphatic carbocycles. The van der Waals surface area contributed by atoms with Gasteiger partial charge in [0.2, 0.25) is 16.0 Å². The van der Waals surface area contributed by atoms with Crippen molar-refractivity contribution in [3.8, 4) is 0 Å². The Bertz CT molecular complexity index is 1240. The summed E-state index contributed by atoms with van der Waals surface area (Å²) in [5.41, 5.74) is 3.02. The van der Waals surface area contributed by atoms with Crippen molar-refractivity contribution in [3.05, 3.63) is 36.2 Å². The number of aryl methyl sites for hydroxylation is 1. The number of unbranched alkanes of at least 4 members (excludes halogenated alkanes) is 1. The molecule has 10 nitrogen and oxygen atoms in total. The Hall–Kier alpha value is -2.76. The minimum atomic E-state index is -3.60. The Morgan fingerprint density at radius 3 is 2.49 bits per heavy atom. The molecule has 1 fully saturated rings. The van der Waals surface area contributed by atoms with Crippen LogP contribution in [0.5, 0.6) is 0 Å². The maximum atomic E-state index is 11.5. The van der Waals surface area contributed by atoms with Crippen molar-refractivity contribution in [3.63, 3.8) is 0 Å². The minimum Gasteiger partial charge on any atom is -0.393 e. The number of hydrogen-bond donors (Lipinski definition) is 3. The fraction of sp³-hybridized carbons (Fsp3) is 0.542. The van der Waals surface area contributed by atoms with Gasteiger partial charge in [-0.1, -0.05) is 25.5 Å². The zero-order valence-electron chi connectivity index (χ0n) is 20.4. The first-order valence-electron chi connectivity index (χ1n) is 12.3. The summed E-state index contributed by atoms with van der Waals surface area (Å²) in [6, 6.07) is 7.58. The van der Waals surface area contributed by atoms with Crippen molar-refractivity contribution in [2.75, 3.05) is 16.8 Å². The monoisotopic (exact) mass is 501 g/mol. The van der Waals surface area contributed by atoms with E-state index in [4.69, 9.17) is 15.1 Å². The number of nitrogens with zero attached hydrogens (tertiary/aromatic N) is 5. The van der Waals surface area contributed by atoms with E-state index in [1.54, 1.807) is 18.5 Å². The summed E-state index contributed by atoms with van der Waals surface area (Å²) in [4.78, 5) is 16.5. The van der Waals surface area contributed by atoms with E-state index in [1.807, 2.05) is 16.7 Å². The first kappa shape index (κ1) is 25.3. The number of aliphatic hydroxyl groups excluding tert-OH is 1. The Labute approximate surface area is 206 Å². The molecule has 4 N–H and O–H groups in total. The Balaban J connectivity index is 1.73. The fourth-order valence-electron chi connectivity index (χ4n) is 4.49.